The quantitative estimate of drug-likeness (QED) is 0.0890. The molecule has 44 heavy (non-hydrogen) atoms. The first-order chi connectivity index (χ1) is 21.4. The molecule has 4 nitrogen and oxygen atoms in total. The van der Waals surface area contributed by atoms with Gasteiger partial charge in [0.1, 0.15) is 11.5 Å². The molecule has 0 spiro atoms. The molecule has 0 bridgehead atoms. The van der Waals surface area contributed by atoms with Crippen molar-refractivity contribution >= 4 is 52.9 Å². The summed E-state index contributed by atoms with van der Waals surface area (Å²) in [6, 6.07) is 40.8. The number of carbonyl (C=O) groups is 2. The summed E-state index contributed by atoms with van der Waals surface area (Å²) in [6.07, 6.45) is 8.14. The molecule has 0 heterocycles. The van der Waals surface area contributed by atoms with Crippen molar-refractivity contribution in [3.63, 3.8) is 0 Å². The average molecular weight is 578 g/mol. The number of anilines is 3. The van der Waals surface area contributed by atoms with Gasteiger partial charge in [-0.2, -0.15) is 0 Å². The predicted octanol–water partition coefficient (Wildman–Crippen LogP) is 9.98. The number of hydrogen-bond donors (Lipinski definition) is 0. The van der Waals surface area contributed by atoms with Crippen molar-refractivity contribution in [3.8, 4) is 5.75 Å². The molecule has 5 aromatic rings. The van der Waals surface area contributed by atoms with E-state index in [0.29, 0.717) is 5.56 Å². The van der Waals surface area contributed by atoms with Crippen LogP contribution >= 0.6 is 0 Å². The largest absolute Gasteiger partial charge is 0.497 e. The lowest BCUT2D eigenvalue weighted by atomic mass is 10.0. The summed E-state index contributed by atoms with van der Waals surface area (Å²) in [5, 5.41) is 0. The normalized spacial score (nSPS) is 11.2. The van der Waals surface area contributed by atoms with Gasteiger partial charge in [0.25, 0.3) is 0 Å². The highest BCUT2D eigenvalue weighted by molar-refractivity contribution is 6.07. The number of rotatable bonds is 11. The molecule has 0 amide bonds. The maximum atomic E-state index is 12.3. The number of aryl methyl sites for hydroxylation is 1. The maximum absolute atomic E-state index is 12.3. The number of ether oxygens (including phenoxy) is 1. The van der Waals surface area contributed by atoms with E-state index in [1.807, 2.05) is 54.6 Å². The summed E-state index contributed by atoms with van der Waals surface area (Å²) in [5.74, 6) is 0.555. The van der Waals surface area contributed by atoms with Crippen molar-refractivity contribution < 1.29 is 14.3 Å². The van der Waals surface area contributed by atoms with E-state index in [2.05, 4.69) is 96.8 Å². The minimum absolute atomic E-state index is 0.0742. The van der Waals surface area contributed by atoms with Crippen molar-refractivity contribution in [3.05, 3.63) is 155 Å². The molecule has 5 aromatic carbocycles. The lowest BCUT2D eigenvalue weighted by Gasteiger charge is -2.26. The molecule has 0 aliphatic rings. The summed E-state index contributed by atoms with van der Waals surface area (Å²) >= 11 is 0. The Morgan fingerprint density at radius 2 is 1.07 bits per heavy atom. The number of Topliss-reactive ketones (excluding diaryl/α,β-unsaturated/α-hetero) is 2. The third-order valence-electron chi connectivity index (χ3n) is 7.27. The zero-order valence-electron chi connectivity index (χ0n) is 25.2. The third kappa shape index (κ3) is 7.87. The van der Waals surface area contributed by atoms with Crippen LogP contribution in [0.1, 0.15) is 51.5 Å². The molecule has 0 aromatic heterocycles. The number of hydrogen-bond acceptors (Lipinski definition) is 4. The summed E-state index contributed by atoms with van der Waals surface area (Å²) in [7, 11) is 1.67. The van der Waals surface area contributed by atoms with Crippen LogP contribution < -0.4 is 9.64 Å². The second-order valence-electron chi connectivity index (χ2n) is 10.7. The van der Waals surface area contributed by atoms with Gasteiger partial charge < -0.3 is 9.64 Å². The van der Waals surface area contributed by atoms with Crippen LogP contribution in [-0.4, -0.2) is 18.7 Å². The monoisotopic (exact) mass is 577 g/mol. The Labute approximate surface area is 259 Å². The molecule has 0 saturated carbocycles. The van der Waals surface area contributed by atoms with Gasteiger partial charge in [0, 0.05) is 22.6 Å². The Bertz CT molecular complexity index is 1780. The fourth-order valence-electron chi connectivity index (χ4n) is 4.85. The van der Waals surface area contributed by atoms with Crippen LogP contribution in [0.25, 0.3) is 24.3 Å². The van der Waals surface area contributed by atoms with E-state index in [-0.39, 0.29) is 18.0 Å². The van der Waals surface area contributed by atoms with Crippen LogP contribution in [-0.2, 0) is 4.79 Å². The molecule has 4 heteroatoms. The molecular formula is C40H35NO3. The Balaban J connectivity index is 1.36. The Hall–Kier alpha value is -5.48. The van der Waals surface area contributed by atoms with Crippen LogP contribution in [0, 0.1) is 6.92 Å². The van der Waals surface area contributed by atoms with Crippen LogP contribution in [0.5, 0.6) is 5.75 Å². The molecule has 0 aliphatic carbocycles. The van der Waals surface area contributed by atoms with E-state index < -0.39 is 0 Å². The van der Waals surface area contributed by atoms with Crippen molar-refractivity contribution in [1.82, 2.24) is 0 Å². The summed E-state index contributed by atoms with van der Waals surface area (Å²) < 4.78 is 5.25. The molecule has 0 aliphatic heterocycles. The summed E-state index contributed by atoms with van der Waals surface area (Å²) in [5.41, 5.74) is 9.11. The first-order valence-electron chi connectivity index (χ1n) is 14.6. The van der Waals surface area contributed by atoms with E-state index >= 15 is 0 Å². The van der Waals surface area contributed by atoms with Gasteiger partial charge in [0.05, 0.1) is 13.5 Å². The molecule has 0 unspecified atom stereocenters. The van der Waals surface area contributed by atoms with E-state index in [1.54, 1.807) is 13.2 Å². The highest BCUT2D eigenvalue weighted by Gasteiger charge is 2.12. The van der Waals surface area contributed by atoms with Gasteiger partial charge in [0.15, 0.2) is 5.78 Å². The van der Waals surface area contributed by atoms with E-state index in [9.17, 15) is 9.59 Å². The predicted molar refractivity (Wildman–Crippen MR) is 183 cm³/mol. The fraction of sp³-hybridized carbons (Fsp3) is 0.100. The zero-order chi connectivity index (χ0) is 30.9. The molecule has 218 valence electrons. The molecular weight excluding hydrogens is 542 g/mol. The van der Waals surface area contributed by atoms with Gasteiger partial charge in [-0.15, -0.1) is 0 Å². The molecule has 0 saturated heterocycles. The SMILES string of the molecule is COc1ccc(C=Cc2ccc(N(c3ccc(C)cc3)c3ccc(C=Cc4cccc(C(=O)CC(C)=O)c4)cc3)cc2)cc1. The van der Waals surface area contributed by atoms with Gasteiger partial charge >= 0.3 is 0 Å². The van der Waals surface area contributed by atoms with Crippen molar-refractivity contribution in [2.24, 2.45) is 0 Å². The van der Waals surface area contributed by atoms with E-state index in [4.69, 9.17) is 4.74 Å². The highest BCUT2D eigenvalue weighted by Crippen LogP contribution is 2.35. The lowest BCUT2D eigenvalue weighted by Crippen LogP contribution is -2.09. The molecule has 5 rings (SSSR count). The first-order valence-corrected chi connectivity index (χ1v) is 14.6. The standard InChI is InChI=1S/C40H35NO3/c1-29-7-19-36(20-8-29)41(37-21-13-31(14-22-37)9-10-33-17-25-39(44-3)26-18-33)38-23-15-32(16-24-38)11-12-34-5-4-6-35(28-34)40(43)27-30(2)42/h4-26,28H,27H2,1-3H3. The van der Waals surface area contributed by atoms with Gasteiger partial charge in [-0.3, -0.25) is 9.59 Å². The number of nitrogens with zero attached hydrogens (tertiary/aromatic N) is 1. The minimum atomic E-state index is -0.158. The Kier molecular flexibility index (Phi) is 9.63. The highest BCUT2D eigenvalue weighted by atomic mass is 16.5. The van der Waals surface area contributed by atoms with Gasteiger partial charge in [0.2, 0.25) is 0 Å². The number of methoxy groups -OCH3 is 1. The maximum Gasteiger partial charge on any atom is 0.170 e. The van der Waals surface area contributed by atoms with Gasteiger partial charge in [-0.05, 0) is 90.7 Å². The topological polar surface area (TPSA) is 46.6 Å². The van der Waals surface area contributed by atoms with E-state index in [0.717, 1.165) is 45.1 Å². The van der Waals surface area contributed by atoms with Gasteiger partial charge in [-0.1, -0.05) is 96.6 Å². The fourth-order valence-corrected chi connectivity index (χ4v) is 4.85. The zero-order valence-corrected chi connectivity index (χ0v) is 25.2. The molecule has 0 N–H and O–H groups in total. The Morgan fingerprint density at radius 3 is 1.55 bits per heavy atom. The summed E-state index contributed by atoms with van der Waals surface area (Å²) in [6.45, 7) is 3.52. The van der Waals surface area contributed by atoms with E-state index in [1.165, 1.54) is 12.5 Å². The minimum Gasteiger partial charge on any atom is -0.497 e. The van der Waals surface area contributed by atoms with Crippen LogP contribution in [0.15, 0.2) is 121 Å². The third-order valence-corrected chi connectivity index (χ3v) is 7.27. The van der Waals surface area contributed by atoms with Crippen molar-refractivity contribution in [2.45, 2.75) is 20.3 Å². The van der Waals surface area contributed by atoms with Crippen LogP contribution in [0.4, 0.5) is 17.1 Å². The van der Waals surface area contributed by atoms with Crippen LogP contribution in [0.2, 0.25) is 0 Å². The van der Waals surface area contributed by atoms with Crippen molar-refractivity contribution in [2.75, 3.05) is 12.0 Å². The second-order valence-corrected chi connectivity index (χ2v) is 10.7. The Morgan fingerprint density at radius 1 is 0.614 bits per heavy atom. The molecule has 0 atom stereocenters. The number of ketones is 2. The second kappa shape index (κ2) is 14.1. The first kappa shape index (κ1) is 30.0. The van der Waals surface area contributed by atoms with Crippen molar-refractivity contribution in [1.29, 1.82) is 0 Å². The smallest absolute Gasteiger partial charge is 0.170 e. The lowest BCUT2D eigenvalue weighted by molar-refractivity contribution is -0.116. The average Bonchev–Trinajstić information content (AvgIpc) is 3.05. The molecule has 0 radical (unpaired) electrons. The number of carbonyl (C=O) groups excluding carboxylic acids is 2. The van der Waals surface area contributed by atoms with Gasteiger partial charge in [-0.25, -0.2) is 0 Å². The number of benzene rings is 5. The van der Waals surface area contributed by atoms with Crippen LogP contribution in [0.3, 0.4) is 0 Å². The molecule has 0 fully saturated rings. The summed E-state index contributed by atoms with van der Waals surface area (Å²) in [4.78, 5) is 25.9.